The van der Waals surface area contributed by atoms with Gasteiger partial charge in [0.1, 0.15) is 0 Å². The quantitative estimate of drug-likeness (QED) is 0.488. The van der Waals surface area contributed by atoms with Crippen molar-refractivity contribution < 1.29 is 19.4 Å². The number of aromatic nitrogens is 1. The SMILES string of the molecule is CCOC(=O)c1cccc(-n2c(C)cc(C=Nc3cccc(C(=O)O)c3)c2C)c1. The van der Waals surface area contributed by atoms with Crippen molar-refractivity contribution >= 4 is 23.8 Å². The number of ether oxygens (including phenoxy) is 1. The lowest BCUT2D eigenvalue weighted by molar-refractivity contribution is 0.0525. The second kappa shape index (κ2) is 8.56. The number of esters is 1. The van der Waals surface area contributed by atoms with E-state index in [9.17, 15) is 9.59 Å². The Balaban J connectivity index is 1.93. The molecule has 1 N–H and O–H groups in total. The molecule has 0 saturated heterocycles. The van der Waals surface area contributed by atoms with Crippen molar-refractivity contribution in [1.82, 2.24) is 4.57 Å². The summed E-state index contributed by atoms with van der Waals surface area (Å²) in [5.74, 6) is -1.33. The van der Waals surface area contributed by atoms with Crippen LogP contribution in [0.3, 0.4) is 0 Å². The maximum atomic E-state index is 12.0. The molecule has 29 heavy (non-hydrogen) atoms. The minimum atomic E-state index is -0.985. The van der Waals surface area contributed by atoms with Crippen molar-refractivity contribution in [2.24, 2.45) is 4.99 Å². The van der Waals surface area contributed by atoms with Crippen LogP contribution in [0.1, 0.15) is 44.6 Å². The van der Waals surface area contributed by atoms with E-state index in [1.165, 1.54) is 12.1 Å². The number of aryl methyl sites for hydroxylation is 1. The molecule has 0 fully saturated rings. The summed E-state index contributed by atoms with van der Waals surface area (Å²) >= 11 is 0. The van der Waals surface area contributed by atoms with Crippen LogP contribution in [-0.4, -0.2) is 34.4 Å². The molecule has 0 atom stereocenters. The number of hydrogen-bond acceptors (Lipinski definition) is 4. The predicted octanol–water partition coefficient (Wildman–Crippen LogP) is 4.72. The highest BCUT2D eigenvalue weighted by molar-refractivity contribution is 5.91. The first-order valence-corrected chi connectivity index (χ1v) is 9.24. The monoisotopic (exact) mass is 390 g/mol. The lowest BCUT2D eigenvalue weighted by Crippen LogP contribution is -2.06. The number of carbonyl (C=O) groups is 2. The molecule has 2 aromatic carbocycles. The zero-order valence-electron chi connectivity index (χ0n) is 16.5. The van der Waals surface area contributed by atoms with Gasteiger partial charge in [-0.25, -0.2) is 9.59 Å². The Kier molecular flexibility index (Phi) is 5.93. The molecule has 1 aromatic heterocycles. The fourth-order valence-corrected chi connectivity index (χ4v) is 3.17. The molecular weight excluding hydrogens is 368 g/mol. The van der Waals surface area contributed by atoms with Gasteiger partial charge in [-0.05, 0) is 63.2 Å². The lowest BCUT2D eigenvalue weighted by Gasteiger charge is -2.11. The zero-order valence-corrected chi connectivity index (χ0v) is 16.5. The van der Waals surface area contributed by atoms with E-state index in [0.29, 0.717) is 17.9 Å². The third kappa shape index (κ3) is 4.43. The molecule has 1 heterocycles. The van der Waals surface area contributed by atoms with Gasteiger partial charge in [0, 0.05) is 28.9 Å². The van der Waals surface area contributed by atoms with Crippen LogP contribution in [0.4, 0.5) is 5.69 Å². The molecular formula is C23H22N2O4. The van der Waals surface area contributed by atoms with E-state index in [1.807, 2.05) is 36.6 Å². The third-order valence-electron chi connectivity index (χ3n) is 4.53. The molecule has 0 unspecified atom stereocenters. The number of rotatable bonds is 6. The first kappa shape index (κ1) is 20.1. The molecule has 0 radical (unpaired) electrons. The van der Waals surface area contributed by atoms with Crippen LogP contribution in [0.15, 0.2) is 59.6 Å². The van der Waals surface area contributed by atoms with Gasteiger partial charge in [-0.2, -0.15) is 0 Å². The van der Waals surface area contributed by atoms with Crippen LogP contribution in [0.2, 0.25) is 0 Å². The molecule has 148 valence electrons. The van der Waals surface area contributed by atoms with Crippen LogP contribution in [0.5, 0.6) is 0 Å². The number of hydrogen-bond donors (Lipinski definition) is 1. The number of aliphatic imine (C=N–C) groups is 1. The molecule has 0 amide bonds. The summed E-state index contributed by atoms with van der Waals surface area (Å²) in [7, 11) is 0. The predicted molar refractivity (Wildman–Crippen MR) is 112 cm³/mol. The van der Waals surface area contributed by atoms with E-state index in [-0.39, 0.29) is 11.5 Å². The van der Waals surface area contributed by atoms with Gasteiger partial charge >= 0.3 is 11.9 Å². The Hall–Kier alpha value is -3.67. The number of carboxylic acid groups (broad SMARTS) is 1. The van der Waals surface area contributed by atoms with Gasteiger partial charge in [0.05, 0.1) is 23.4 Å². The van der Waals surface area contributed by atoms with Crippen molar-refractivity contribution in [2.45, 2.75) is 20.8 Å². The maximum absolute atomic E-state index is 12.0. The Morgan fingerprint density at radius 1 is 1.07 bits per heavy atom. The summed E-state index contributed by atoms with van der Waals surface area (Å²) in [6.07, 6.45) is 1.72. The number of nitrogens with zero attached hydrogens (tertiary/aromatic N) is 2. The topological polar surface area (TPSA) is 80.9 Å². The minimum Gasteiger partial charge on any atom is -0.478 e. The normalized spacial score (nSPS) is 11.0. The van der Waals surface area contributed by atoms with Gasteiger partial charge in [-0.1, -0.05) is 12.1 Å². The van der Waals surface area contributed by atoms with Crippen molar-refractivity contribution in [3.8, 4) is 5.69 Å². The number of carbonyl (C=O) groups excluding carboxylic acids is 1. The van der Waals surface area contributed by atoms with E-state index >= 15 is 0 Å². The van der Waals surface area contributed by atoms with E-state index in [0.717, 1.165) is 22.6 Å². The fourth-order valence-electron chi connectivity index (χ4n) is 3.17. The summed E-state index contributed by atoms with van der Waals surface area (Å²) in [5, 5.41) is 9.11. The molecule has 6 nitrogen and oxygen atoms in total. The van der Waals surface area contributed by atoms with Crippen LogP contribution < -0.4 is 0 Å². The molecule has 0 aliphatic heterocycles. The van der Waals surface area contributed by atoms with Crippen molar-refractivity contribution in [3.05, 3.63) is 82.7 Å². The lowest BCUT2D eigenvalue weighted by atomic mass is 10.2. The first-order valence-electron chi connectivity index (χ1n) is 9.24. The number of aromatic carboxylic acids is 1. The maximum Gasteiger partial charge on any atom is 0.338 e. The van der Waals surface area contributed by atoms with Gasteiger partial charge < -0.3 is 14.4 Å². The average molecular weight is 390 g/mol. The Morgan fingerprint density at radius 3 is 2.52 bits per heavy atom. The second-order valence-corrected chi connectivity index (χ2v) is 6.55. The van der Waals surface area contributed by atoms with Crippen LogP contribution in [-0.2, 0) is 4.74 Å². The Morgan fingerprint density at radius 2 is 1.79 bits per heavy atom. The van der Waals surface area contributed by atoms with Crippen LogP contribution >= 0.6 is 0 Å². The molecule has 0 aliphatic carbocycles. The van der Waals surface area contributed by atoms with E-state index < -0.39 is 5.97 Å². The van der Waals surface area contributed by atoms with E-state index in [2.05, 4.69) is 4.99 Å². The zero-order chi connectivity index (χ0) is 21.0. The molecule has 3 aromatic rings. The third-order valence-corrected chi connectivity index (χ3v) is 4.53. The summed E-state index contributed by atoms with van der Waals surface area (Å²) in [6.45, 7) is 6.06. The average Bonchev–Trinajstić information content (AvgIpc) is 3.00. The second-order valence-electron chi connectivity index (χ2n) is 6.55. The summed E-state index contributed by atoms with van der Waals surface area (Å²) in [5.41, 5.74) is 4.98. The number of benzene rings is 2. The molecule has 0 saturated carbocycles. The van der Waals surface area contributed by atoms with E-state index in [4.69, 9.17) is 9.84 Å². The van der Waals surface area contributed by atoms with Gasteiger partial charge in [0.25, 0.3) is 0 Å². The Labute approximate surface area is 169 Å². The van der Waals surface area contributed by atoms with Gasteiger partial charge in [0.2, 0.25) is 0 Å². The van der Waals surface area contributed by atoms with Crippen LogP contribution in [0.25, 0.3) is 5.69 Å². The molecule has 6 heteroatoms. The molecule has 0 bridgehead atoms. The highest BCUT2D eigenvalue weighted by Gasteiger charge is 2.12. The summed E-state index contributed by atoms with van der Waals surface area (Å²) in [4.78, 5) is 27.6. The molecule has 3 rings (SSSR count). The highest BCUT2D eigenvalue weighted by atomic mass is 16.5. The highest BCUT2D eigenvalue weighted by Crippen LogP contribution is 2.22. The van der Waals surface area contributed by atoms with Crippen molar-refractivity contribution in [2.75, 3.05) is 6.61 Å². The summed E-state index contributed by atoms with van der Waals surface area (Å²) in [6, 6.07) is 15.8. The van der Waals surface area contributed by atoms with Gasteiger partial charge in [0.15, 0.2) is 0 Å². The number of carboxylic acids is 1. The van der Waals surface area contributed by atoms with Gasteiger partial charge in [-0.3, -0.25) is 4.99 Å². The van der Waals surface area contributed by atoms with Crippen molar-refractivity contribution in [1.29, 1.82) is 0 Å². The summed E-state index contributed by atoms with van der Waals surface area (Å²) < 4.78 is 7.13. The fraction of sp³-hybridized carbons (Fsp3) is 0.174. The Bertz CT molecular complexity index is 1100. The standard InChI is InChI=1S/C23H22N2O4/c1-4-29-23(28)18-8-6-10-21(13-18)25-15(2)11-19(16(25)3)14-24-20-9-5-7-17(12-20)22(26)27/h5-14H,4H2,1-3H3,(H,26,27). The van der Waals surface area contributed by atoms with Crippen molar-refractivity contribution in [3.63, 3.8) is 0 Å². The van der Waals surface area contributed by atoms with Gasteiger partial charge in [-0.15, -0.1) is 0 Å². The van der Waals surface area contributed by atoms with E-state index in [1.54, 1.807) is 37.4 Å². The smallest absolute Gasteiger partial charge is 0.338 e. The molecule has 0 aliphatic rings. The van der Waals surface area contributed by atoms with Crippen LogP contribution in [0, 0.1) is 13.8 Å². The largest absolute Gasteiger partial charge is 0.478 e. The first-order chi connectivity index (χ1) is 13.9. The molecule has 0 spiro atoms. The minimum absolute atomic E-state index is 0.195.